The molecule has 0 radical (unpaired) electrons. The topological polar surface area (TPSA) is 58.2 Å². The number of hydrogen-bond acceptors (Lipinski definition) is 3. The summed E-state index contributed by atoms with van der Waals surface area (Å²) < 4.78 is 0. The van der Waals surface area contributed by atoms with Gasteiger partial charge in [0.15, 0.2) is 0 Å². The van der Waals surface area contributed by atoms with Gasteiger partial charge in [-0.05, 0) is 6.42 Å². The molecule has 0 bridgehead atoms. The predicted octanol–water partition coefficient (Wildman–Crippen LogP) is 0.685. The zero-order valence-electron chi connectivity index (χ0n) is 8.67. The van der Waals surface area contributed by atoms with Gasteiger partial charge in [0, 0.05) is 19.1 Å². The van der Waals surface area contributed by atoms with Crippen molar-refractivity contribution in [3.05, 3.63) is 0 Å². The van der Waals surface area contributed by atoms with E-state index < -0.39 is 0 Å². The van der Waals surface area contributed by atoms with Crippen molar-refractivity contribution in [2.45, 2.75) is 39.3 Å². The average molecular weight is 218 g/mol. The Balaban J connectivity index is 3.80. The molecule has 0 unspecified atom stereocenters. The first kappa shape index (κ1) is 13.3. The average Bonchev–Trinajstić information content (AvgIpc) is 2.12. The molecule has 0 aliphatic heterocycles. The third-order valence-electron chi connectivity index (χ3n) is 1.65. The van der Waals surface area contributed by atoms with Crippen LogP contribution < -0.4 is 10.6 Å². The Bertz CT molecular complexity index is 197. The second kappa shape index (κ2) is 7.67. The van der Waals surface area contributed by atoms with E-state index in [9.17, 15) is 9.59 Å². The van der Waals surface area contributed by atoms with Gasteiger partial charge in [-0.1, -0.05) is 13.3 Å². The Morgan fingerprint density at radius 3 is 2.43 bits per heavy atom. The van der Waals surface area contributed by atoms with Gasteiger partial charge in [0.2, 0.25) is 11.8 Å². The van der Waals surface area contributed by atoms with Crippen LogP contribution in [0.5, 0.6) is 0 Å². The van der Waals surface area contributed by atoms with E-state index >= 15 is 0 Å². The van der Waals surface area contributed by atoms with Crippen molar-refractivity contribution in [1.82, 2.24) is 10.6 Å². The molecule has 0 aliphatic carbocycles. The maximum absolute atomic E-state index is 11.3. The molecule has 0 aromatic heterocycles. The van der Waals surface area contributed by atoms with Gasteiger partial charge in [0.05, 0.1) is 0 Å². The summed E-state index contributed by atoms with van der Waals surface area (Å²) in [6.07, 6.45) is 1.99. The van der Waals surface area contributed by atoms with Gasteiger partial charge in [-0.15, -0.1) is 0 Å². The molecule has 2 amide bonds. The minimum Gasteiger partial charge on any atom is -0.336 e. The predicted molar refractivity (Wildman–Crippen MR) is 59.1 cm³/mol. The van der Waals surface area contributed by atoms with E-state index in [1.807, 2.05) is 6.92 Å². The van der Waals surface area contributed by atoms with Crippen LogP contribution in [0.25, 0.3) is 0 Å². The summed E-state index contributed by atoms with van der Waals surface area (Å²) >= 11 is 4.03. The molecule has 5 heteroatoms. The normalized spacial score (nSPS) is 11.9. The monoisotopic (exact) mass is 218 g/mol. The zero-order valence-corrected chi connectivity index (χ0v) is 9.56. The van der Waals surface area contributed by atoms with Crippen molar-refractivity contribution in [2.24, 2.45) is 0 Å². The van der Waals surface area contributed by atoms with E-state index in [0.717, 1.165) is 12.8 Å². The lowest BCUT2D eigenvalue weighted by molar-refractivity contribution is -0.123. The van der Waals surface area contributed by atoms with Crippen molar-refractivity contribution in [2.75, 3.05) is 5.75 Å². The van der Waals surface area contributed by atoms with Gasteiger partial charge in [0.1, 0.15) is 6.17 Å². The van der Waals surface area contributed by atoms with Gasteiger partial charge >= 0.3 is 0 Å². The molecule has 0 aromatic carbocycles. The smallest absolute Gasteiger partial charge is 0.221 e. The lowest BCUT2D eigenvalue weighted by atomic mass is 10.2. The largest absolute Gasteiger partial charge is 0.336 e. The van der Waals surface area contributed by atoms with E-state index in [2.05, 4.69) is 23.3 Å². The van der Waals surface area contributed by atoms with Crippen molar-refractivity contribution < 1.29 is 9.59 Å². The highest BCUT2D eigenvalue weighted by Gasteiger charge is 2.10. The van der Waals surface area contributed by atoms with Crippen molar-refractivity contribution in [3.8, 4) is 0 Å². The fourth-order valence-corrected chi connectivity index (χ4v) is 1.16. The summed E-state index contributed by atoms with van der Waals surface area (Å²) in [5, 5.41) is 5.28. The molecule has 14 heavy (non-hydrogen) atoms. The van der Waals surface area contributed by atoms with Crippen LogP contribution in [0.1, 0.15) is 33.1 Å². The van der Waals surface area contributed by atoms with Crippen molar-refractivity contribution >= 4 is 24.4 Å². The van der Waals surface area contributed by atoms with Gasteiger partial charge in [-0.2, -0.15) is 12.6 Å². The van der Waals surface area contributed by atoms with E-state index in [1.165, 1.54) is 6.92 Å². The van der Waals surface area contributed by atoms with Crippen LogP contribution in [-0.4, -0.2) is 23.7 Å². The minimum absolute atomic E-state index is 0.0420. The van der Waals surface area contributed by atoms with Crippen molar-refractivity contribution in [1.29, 1.82) is 0 Å². The molecule has 0 saturated carbocycles. The fraction of sp³-hybridized carbons (Fsp3) is 0.778. The van der Waals surface area contributed by atoms with Crippen LogP contribution >= 0.6 is 12.6 Å². The van der Waals surface area contributed by atoms with Crippen LogP contribution in [0.3, 0.4) is 0 Å². The zero-order chi connectivity index (χ0) is 11.0. The summed E-state index contributed by atoms with van der Waals surface area (Å²) in [6.45, 7) is 3.44. The third kappa shape index (κ3) is 6.77. The molecule has 0 heterocycles. The summed E-state index contributed by atoms with van der Waals surface area (Å²) in [6, 6.07) is 0. The fourth-order valence-electron chi connectivity index (χ4n) is 0.977. The molecule has 0 fully saturated rings. The molecule has 0 saturated heterocycles. The Morgan fingerprint density at radius 1 is 1.36 bits per heavy atom. The number of hydrogen-bond donors (Lipinski definition) is 3. The maximum atomic E-state index is 11.3. The van der Waals surface area contributed by atoms with Crippen LogP contribution in [0.2, 0.25) is 0 Å². The molecule has 2 N–H and O–H groups in total. The lowest BCUT2D eigenvalue weighted by Crippen LogP contribution is -2.48. The first-order valence-corrected chi connectivity index (χ1v) is 5.40. The molecule has 0 aromatic rings. The quantitative estimate of drug-likeness (QED) is 0.454. The standard InChI is InChI=1S/C9H18N2O2S/c1-3-4-5-9(13)11-8(6-14)10-7(2)12/h8,14H,3-6H2,1-2H3,(H,10,12)(H,11,13)/t8-/m1/s1. The first-order valence-electron chi connectivity index (χ1n) is 4.77. The van der Waals surface area contributed by atoms with Crippen LogP contribution in [0, 0.1) is 0 Å². The molecular formula is C9H18N2O2S. The molecule has 0 rings (SSSR count). The highest BCUT2D eigenvalue weighted by molar-refractivity contribution is 7.80. The lowest BCUT2D eigenvalue weighted by Gasteiger charge is -2.16. The van der Waals surface area contributed by atoms with Gasteiger partial charge in [-0.25, -0.2) is 0 Å². The Labute approximate surface area is 90.2 Å². The molecule has 82 valence electrons. The second-order valence-electron chi connectivity index (χ2n) is 3.11. The van der Waals surface area contributed by atoms with E-state index in [-0.39, 0.29) is 18.0 Å². The first-order chi connectivity index (χ1) is 6.60. The SMILES string of the molecule is CCCCC(=O)N[C@H](CS)NC(C)=O. The number of amides is 2. The highest BCUT2D eigenvalue weighted by atomic mass is 32.1. The Kier molecular flexibility index (Phi) is 7.28. The third-order valence-corrected chi connectivity index (χ3v) is 2.02. The van der Waals surface area contributed by atoms with E-state index in [4.69, 9.17) is 0 Å². The molecule has 0 aliphatic rings. The minimum atomic E-state index is -0.361. The summed E-state index contributed by atoms with van der Waals surface area (Å²) in [7, 11) is 0. The maximum Gasteiger partial charge on any atom is 0.221 e. The second-order valence-corrected chi connectivity index (χ2v) is 3.47. The van der Waals surface area contributed by atoms with Gasteiger partial charge in [-0.3, -0.25) is 9.59 Å². The van der Waals surface area contributed by atoms with Crippen LogP contribution in [-0.2, 0) is 9.59 Å². The molecule has 4 nitrogen and oxygen atoms in total. The summed E-state index contributed by atoms with van der Waals surface area (Å²) in [5.41, 5.74) is 0. The summed E-state index contributed by atoms with van der Waals surface area (Å²) in [5.74, 6) is 0.191. The number of carbonyl (C=O) groups excluding carboxylic acids is 2. The number of rotatable bonds is 6. The Morgan fingerprint density at radius 2 is 2.00 bits per heavy atom. The molecule has 0 spiro atoms. The summed E-state index contributed by atoms with van der Waals surface area (Å²) in [4.78, 5) is 22.0. The number of thiol groups is 1. The van der Waals surface area contributed by atoms with Crippen LogP contribution in [0.4, 0.5) is 0 Å². The molecule has 1 atom stereocenters. The van der Waals surface area contributed by atoms with Crippen LogP contribution in [0.15, 0.2) is 0 Å². The molecular weight excluding hydrogens is 200 g/mol. The van der Waals surface area contributed by atoms with Gasteiger partial charge in [0.25, 0.3) is 0 Å². The highest BCUT2D eigenvalue weighted by Crippen LogP contribution is 1.94. The van der Waals surface area contributed by atoms with Crippen molar-refractivity contribution in [3.63, 3.8) is 0 Å². The number of unbranched alkanes of at least 4 members (excludes halogenated alkanes) is 1. The Hall–Kier alpha value is -0.710. The number of nitrogens with one attached hydrogen (secondary N) is 2. The van der Waals surface area contributed by atoms with E-state index in [1.54, 1.807) is 0 Å². The number of carbonyl (C=O) groups is 2. The van der Waals surface area contributed by atoms with E-state index in [0.29, 0.717) is 12.2 Å². The van der Waals surface area contributed by atoms with Gasteiger partial charge < -0.3 is 10.6 Å².